The zero-order chi connectivity index (χ0) is 27.7. The Morgan fingerprint density at radius 2 is 1.87 bits per heavy atom. The molecule has 0 bridgehead atoms. The van der Waals surface area contributed by atoms with Gasteiger partial charge in [-0.15, -0.1) is 11.3 Å². The molecule has 10 heteroatoms. The van der Waals surface area contributed by atoms with Crippen LogP contribution < -0.4 is 5.32 Å². The van der Waals surface area contributed by atoms with Crippen LogP contribution in [0.25, 0.3) is 17.3 Å². The highest BCUT2D eigenvalue weighted by Gasteiger charge is 2.17. The molecule has 0 saturated carbocycles. The van der Waals surface area contributed by atoms with Gasteiger partial charge in [0.25, 0.3) is 5.91 Å². The van der Waals surface area contributed by atoms with E-state index in [-0.39, 0.29) is 32.1 Å². The summed E-state index contributed by atoms with van der Waals surface area (Å²) in [4.78, 5) is 28.3. The molecule has 0 spiro atoms. The molecule has 0 fully saturated rings. The number of hydrogen-bond donors (Lipinski definition) is 2. The molecule has 1 aromatic heterocycles. The number of aryl methyl sites for hydroxylation is 1. The zero-order valence-electron chi connectivity index (χ0n) is 21.2. The van der Waals surface area contributed by atoms with Gasteiger partial charge in [0, 0.05) is 40.9 Å². The van der Waals surface area contributed by atoms with Crippen molar-refractivity contribution in [2.24, 2.45) is 0 Å². The SMILES string of the molecule is CCCCCOCCCc1cccc(-c2csc(NC(=O)c3cc(Cl)c(C=C(C)C(=O)O)c(Cl)c3)n2)c1F. The van der Waals surface area contributed by atoms with Gasteiger partial charge in [0.05, 0.1) is 15.7 Å². The van der Waals surface area contributed by atoms with Gasteiger partial charge >= 0.3 is 5.97 Å². The Balaban J connectivity index is 1.66. The van der Waals surface area contributed by atoms with Crippen LogP contribution in [0.2, 0.25) is 10.0 Å². The summed E-state index contributed by atoms with van der Waals surface area (Å²) >= 11 is 13.7. The second kappa shape index (κ2) is 14.4. The standard InChI is InChI=1S/C28H29Cl2FN2O4S/c1-3-4-5-11-37-12-7-9-18-8-6-10-20(25(18)31)24-16-38-28(32-24)33-26(34)19-14-22(29)21(23(30)15-19)13-17(2)27(35)36/h6,8,10,13-16H,3-5,7,9,11-12H2,1-2H3,(H,35,36)(H,32,33,34). The van der Waals surface area contributed by atoms with Crippen molar-refractivity contribution >= 4 is 57.6 Å². The molecule has 1 heterocycles. The smallest absolute Gasteiger partial charge is 0.331 e. The number of thiazole rings is 1. The van der Waals surface area contributed by atoms with Crippen LogP contribution in [0.3, 0.4) is 0 Å². The number of nitrogens with one attached hydrogen (secondary N) is 1. The van der Waals surface area contributed by atoms with Gasteiger partial charge in [-0.2, -0.15) is 0 Å². The number of carbonyl (C=O) groups is 2. The van der Waals surface area contributed by atoms with Crippen molar-refractivity contribution in [2.45, 2.75) is 46.0 Å². The lowest BCUT2D eigenvalue weighted by Gasteiger charge is -2.08. The second-order valence-corrected chi connectivity index (χ2v) is 10.4. The largest absolute Gasteiger partial charge is 0.478 e. The molecule has 0 unspecified atom stereocenters. The number of hydrogen-bond acceptors (Lipinski definition) is 5. The molecule has 3 rings (SSSR count). The Morgan fingerprint density at radius 3 is 2.55 bits per heavy atom. The number of aromatic nitrogens is 1. The molecule has 6 nitrogen and oxygen atoms in total. The first-order valence-electron chi connectivity index (χ1n) is 12.2. The van der Waals surface area contributed by atoms with Gasteiger partial charge in [-0.1, -0.05) is 55.1 Å². The van der Waals surface area contributed by atoms with Crippen LogP contribution in [-0.2, 0) is 16.0 Å². The normalized spacial score (nSPS) is 11.6. The van der Waals surface area contributed by atoms with E-state index in [1.54, 1.807) is 23.6 Å². The number of carboxylic acids is 1. The number of nitrogens with zero attached hydrogens (tertiary/aromatic N) is 1. The van der Waals surface area contributed by atoms with Crippen molar-refractivity contribution in [3.63, 3.8) is 0 Å². The van der Waals surface area contributed by atoms with Crippen molar-refractivity contribution in [3.8, 4) is 11.3 Å². The Labute approximate surface area is 235 Å². The lowest BCUT2D eigenvalue weighted by molar-refractivity contribution is -0.132. The lowest BCUT2D eigenvalue weighted by Crippen LogP contribution is -2.12. The summed E-state index contributed by atoms with van der Waals surface area (Å²) in [5.41, 5.74) is 1.90. The van der Waals surface area contributed by atoms with Crippen LogP contribution in [0.1, 0.15) is 61.0 Å². The topological polar surface area (TPSA) is 88.5 Å². The first-order valence-corrected chi connectivity index (χ1v) is 13.9. The molecule has 2 N–H and O–H groups in total. The van der Waals surface area contributed by atoms with E-state index < -0.39 is 11.9 Å². The van der Waals surface area contributed by atoms with Crippen molar-refractivity contribution in [1.29, 1.82) is 0 Å². The van der Waals surface area contributed by atoms with E-state index in [2.05, 4.69) is 17.2 Å². The Kier molecular flexibility index (Phi) is 11.3. The third kappa shape index (κ3) is 8.11. The summed E-state index contributed by atoms with van der Waals surface area (Å²) in [5, 5.41) is 14.0. The second-order valence-electron chi connectivity index (χ2n) is 8.68. The number of halogens is 3. The van der Waals surface area contributed by atoms with Gasteiger partial charge in [-0.3, -0.25) is 10.1 Å². The predicted octanol–water partition coefficient (Wildman–Crippen LogP) is 8.14. The third-order valence-electron chi connectivity index (χ3n) is 5.75. The third-order valence-corrected chi connectivity index (χ3v) is 7.13. The molecule has 0 aliphatic rings. The summed E-state index contributed by atoms with van der Waals surface area (Å²) in [6, 6.07) is 8.00. The highest BCUT2D eigenvalue weighted by Crippen LogP contribution is 2.31. The highest BCUT2D eigenvalue weighted by atomic mass is 35.5. The molecular weight excluding hydrogens is 550 g/mol. The molecule has 202 valence electrons. The lowest BCUT2D eigenvalue weighted by atomic mass is 10.0. The Hall–Kier alpha value is -2.78. The first-order chi connectivity index (χ1) is 18.2. The maximum absolute atomic E-state index is 15.2. The summed E-state index contributed by atoms with van der Waals surface area (Å²) < 4.78 is 20.8. The number of amides is 1. The molecule has 0 radical (unpaired) electrons. The van der Waals surface area contributed by atoms with E-state index in [4.69, 9.17) is 33.0 Å². The van der Waals surface area contributed by atoms with E-state index in [1.165, 1.54) is 36.5 Å². The number of carbonyl (C=O) groups excluding carboxylic acids is 1. The molecule has 0 saturated heterocycles. The average molecular weight is 580 g/mol. The van der Waals surface area contributed by atoms with Gasteiger partial charge in [0.15, 0.2) is 5.13 Å². The fraction of sp³-hybridized carbons (Fsp3) is 0.321. The summed E-state index contributed by atoms with van der Waals surface area (Å²) in [6.45, 7) is 4.88. The van der Waals surface area contributed by atoms with Crippen LogP contribution in [-0.4, -0.2) is 35.2 Å². The summed E-state index contributed by atoms with van der Waals surface area (Å²) in [5.74, 6) is -1.94. The van der Waals surface area contributed by atoms with Gasteiger partial charge in [0.2, 0.25) is 0 Å². The van der Waals surface area contributed by atoms with Crippen molar-refractivity contribution < 1.29 is 23.8 Å². The maximum atomic E-state index is 15.2. The van der Waals surface area contributed by atoms with E-state index in [0.717, 1.165) is 32.3 Å². The van der Waals surface area contributed by atoms with Crippen LogP contribution >= 0.6 is 34.5 Å². The van der Waals surface area contributed by atoms with Crippen LogP contribution in [0.15, 0.2) is 41.3 Å². The molecule has 0 atom stereocenters. The van der Waals surface area contributed by atoms with Crippen LogP contribution in [0.5, 0.6) is 0 Å². The van der Waals surface area contributed by atoms with Crippen LogP contribution in [0, 0.1) is 5.82 Å². The van der Waals surface area contributed by atoms with Crippen molar-refractivity contribution in [3.05, 3.63) is 73.8 Å². The quantitative estimate of drug-likeness (QED) is 0.158. The molecule has 3 aromatic rings. The molecule has 0 aliphatic carbocycles. The van der Waals surface area contributed by atoms with Gasteiger partial charge in [-0.25, -0.2) is 14.2 Å². The van der Waals surface area contributed by atoms with Gasteiger partial charge < -0.3 is 9.84 Å². The minimum absolute atomic E-state index is 0.0494. The fourth-order valence-electron chi connectivity index (χ4n) is 3.65. The molecule has 38 heavy (non-hydrogen) atoms. The summed E-state index contributed by atoms with van der Waals surface area (Å²) in [7, 11) is 0. The number of ether oxygens (including phenoxy) is 1. The van der Waals surface area contributed by atoms with E-state index in [1.807, 2.05) is 0 Å². The molecular formula is C28H29Cl2FN2O4S. The highest BCUT2D eigenvalue weighted by molar-refractivity contribution is 7.14. The Bertz CT molecular complexity index is 1300. The van der Waals surface area contributed by atoms with Crippen molar-refractivity contribution in [2.75, 3.05) is 18.5 Å². The number of anilines is 1. The van der Waals surface area contributed by atoms with E-state index in [9.17, 15) is 9.59 Å². The van der Waals surface area contributed by atoms with Gasteiger partial charge in [-0.05, 0) is 56.0 Å². The number of carboxylic acid groups (broad SMARTS) is 1. The van der Waals surface area contributed by atoms with Crippen molar-refractivity contribution in [1.82, 2.24) is 4.98 Å². The first kappa shape index (κ1) is 29.8. The van der Waals surface area contributed by atoms with Gasteiger partial charge in [0.1, 0.15) is 5.82 Å². The predicted molar refractivity (Wildman–Crippen MR) is 152 cm³/mol. The number of benzene rings is 2. The molecule has 0 aliphatic heterocycles. The summed E-state index contributed by atoms with van der Waals surface area (Å²) in [6.07, 6.45) is 5.95. The fourth-order valence-corrected chi connectivity index (χ4v) is 4.95. The van der Waals surface area contributed by atoms with E-state index >= 15 is 4.39 Å². The maximum Gasteiger partial charge on any atom is 0.331 e. The molecule has 1 amide bonds. The Morgan fingerprint density at radius 1 is 1.16 bits per heavy atom. The van der Waals surface area contributed by atoms with E-state index in [0.29, 0.717) is 35.4 Å². The monoisotopic (exact) mass is 578 g/mol. The minimum atomic E-state index is -1.10. The van der Waals surface area contributed by atoms with Crippen LogP contribution in [0.4, 0.5) is 9.52 Å². The zero-order valence-corrected chi connectivity index (χ0v) is 23.5. The minimum Gasteiger partial charge on any atom is -0.478 e. The molecule has 2 aromatic carbocycles. The number of rotatable bonds is 13. The average Bonchev–Trinajstić information content (AvgIpc) is 3.34. The number of unbranched alkanes of at least 4 members (excludes halogenated alkanes) is 2. The number of aliphatic carboxylic acids is 1.